The topological polar surface area (TPSA) is 100 Å². The molecule has 212 valence electrons. The van der Waals surface area contributed by atoms with Gasteiger partial charge >= 0.3 is 0 Å². The van der Waals surface area contributed by atoms with Gasteiger partial charge in [0.25, 0.3) is 5.91 Å². The number of carbonyl (C=O) groups excluding carboxylic acids is 2. The smallest absolute Gasteiger partial charge is 0.262 e. The Labute approximate surface area is 227 Å². The van der Waals surface area contributed by atoms with Crippen LogP contribution in [0.1, 0.15) is 49.7 Å². The van der Waals surface area contributed by atoms with Gasteiger partial charge in [0.05, 0.1) is 19.6 Å². The summed E-state index contributed by atoms with van der Waals surface area (Å²) in [5, 5.41) is 16.1. The van der Waals surface area contributed by atoms with Crippen LogP contribution < -0.4 is 15.4 Å². The number of halogens is 2. The molecule has 2 amide bonds. The summed E-state index contributed by atoms with van der Waals surface area (Å²) in [4.78, 5) is 26.7. The lowest BCUT2D eigenvalue weighted by molar-refractivity contribution is -0.135. The average molecular weight is 546 g/mol. The number of ether oxygens (including phenoxy) is 2. The van der Waals surface area contributed by atoms with Crippen LogP contribution in [-0.2, 0) is 27.2 Å². The molecule has 39 heavy (non-hydrogen) atoms. The largest absolute Gasteiger partial charge is 0.506 e. The Morgan fingerprint density at radius 1 is 1.08 bits per heavy atom. The molecule has 0 aromatic heterocycles. The molecule has 0 unspecified atom stereocenters. The van der Waals surface area contributed by atoms with Crippen molar-refractivity contribution in [3.63, 3.8) is 0 Å². The number of benzene rings is 2. The molecule has 0 atom stereocenters. The van der Waals surface area contributed by atoms with Gasteiger partial charge in [-0.3, -0.25) is 9.59 Å². The predicted octanol–water partition coefficient (Wildman–Crippen LogP) is 3.94. The van der Waals surface area contributed by atoms with Crippen molar-refractivity contribution in [2.24, 2.45) is 0 Å². The summed E-state index contributed by atoms with van der Waals surface area (Å²) in [5.74, 6) is -1.50. The van der Waals surface area contributed by atoms with Gasteiger partial charge in [-0.1, -0.05) is 31.4 Å². The van der Waals surface area contributed by atoms with Gasteiger partial charge in [-0.25, -0.2) is 8.78 Å². The van der Waals surface area contributed by atoms with Gasteiger partial charge in [0, 0.05) is 19.1 Å². The third kappa shape index (κ3) is 8.12. The summed E-state index contributed by atoms with van der Waals surface area (Å²) in [6.45, 7) is 2.41. The number of hydrogen-bond donors (Lipinski definition) is 3. The summed E-state index contributed by atoms with van der Waals surface area (Å²) < 4.78 is 37.6. The number of amides is 2. The third-order valence-corrected chi connectivity index (χ3v) is 7.25. The maximum atomic E-state index is 13.4. The lowest BCUT2D eigenvalue weighted by Crippen LogP contribution is -2.45. The quantitative estimate of drug-likeness (QED) is 0.261. The Morgan fingerprint density at radius 3 is 2.69 bits per heavy atom. The highest BCUT2D eigenvalue weighted by molar-refractivity contribution is 5.97. The molecule has 4 rings (SSSR count). The van der Waals surface area contributed by atoms with E-state index in [1.165, 1.54) is 18.6 Å². The summed E-state index contributed by atoms with van der Waals surface area (Å²) in [5.41, 5.74) is 1.85. The summed E-state index contributed by atoms with van der Waals surface area (Å²) in [6, 6.07) is 7.38. The van der Waals surface area contributed by atoms with Gasteiger partial charge in [0.2, 0.25) is 5.91 Å². The Bertz CT molecular complexity index is 1140. The molecule has 0 saturated heterocycles. The van der Waals surface area contributed by atoms with Crippen molar-refractivity contribution >= 4 is 17.5 Å². The standard InChI is InChI=1S/C29H37F2N3O5/c30-23-8-6-20(18-24(23)31)11-16-38-17-12-27(37)34(22-4-2-1-3-5-22)15-14-32-13-10-21-7-9-25(35)28-29(21)39-19-26(36)33-28/h6-9,18,22,32,35H,1-5,10-17,19H2,(H,33,36). The molecule has 0 radical (unpaired) electrons. The van der Waals surface area contributed by atoms with Crippen LogP contribution in [0.25, 0.3) is 0 Å². The van der Waals surface area contributed by atoms with Crippen molar-refractivity contribution in [2.45, 2.75) is 57.4 Å². The molecule has 2 aromatic rings. The van der Waals surface area contributed by atoms with Crippen molar-refractivity contribution in [1.29, 1.82) is 0 Å². The average Bonchev–Trinajstić information content (AvgIpc) is 2.94. The molecule has 0 spiro atoms. The van der Waals surface area contributed by atoms with Crippen LogP contribution in [0.2, 0.25) is 0 Å². The number of nitrogens with one attached hydrogen (secondary N) is 2. The first-order valence-corrected chi connectivity index (χ1v) is 13.7. The molecule has 3 N–H and O–H groups in total. The highest BCUT2D eigenvalue weighted by Crippen LogP contribution is 2.39. The van der Waals surface area contributed by atoms with Crippen LogP contribution in [0.15, 0.2) is 30.3 Å². The van der Waals surface area contributed by atoms with E-state index in [1.807, 2.05) is 4.90 Å². The lowest BCUT2D eigenvalue weighted by Gasteiger charge is -2.34. The Hall–Kier alpha value is -3.24. The first kappa shape index (κ1) is 28.8. The van der Waals surface area contributed by atoms with E-state index >= 15 is 0 Å². The number of hydrogen-bond acceptors (Lipinski definition) is 6. The van der Waals surface area contributed by atoms with E-state index in [0.717, 1.165) is 37.3 Å². The molecule has 2 aromatic carbocycles. The maximum absolute atomic E-state index is 13.4. The molecule has 0 bridgehead atoms. The molecular weight excluding hydrogens is 508 g/mol. The van der Waals surface area contributed by atoms with Crippen molar-refractivity contribution in [3.8, 4) is 11.5 Å². The fourth-order valence-corrected chi connectivity index (χ4v) is 5.15. The predicted molar refractivity (Wildman–Crippen MR) is 143 cm³/mol. The van der Waals surface area contributed by atoms with Crippen molar-refractivity contribution in [3.05, 3.63) is 53.1 Å². The Morgan fingerprint density at radius 2 is 1.90 bits per heavy atom. The number of phenolic OH excluding ortho intramolecular Hbond substituents is 1. The fourth-order valence-electron chi connectivity index (χ4n) is 5.15. The minimum absolute atomic E-state index is 0.0234. The first-order valence-electron chi connectivity index (χ1n) is 13.7. The van der Waals surface area contributed by atoms with E-state index in [0.29, 0.717) is 56.1 Å². The lowest BCUT2D eigenvalue weighted by atomic mass is 9.94. The van der Waals surface area contributed by atoms with Crippen LogP contribution in [0.4, 0.5) is 14.5 Å². The van der Waals surface area contributed by atoms with Crippen LogP contribution in [0.5, 0.6) is 11.5 Å². The molecule has 8 nitrogen and oxygen atoms in total. The number of phenols is 1. The van der Waals surface area contributed by atoms with Crippen LogP contribution >= 0.6 is 0 Å². The maximum Gasteiger partial charge on any atom is 0.262 e. The molecule has 10 heteroatoms. The zero-order chi connectivity index (χ0) is 27.6. The molecule has 2 aliphatic rings. The van der Waals surface area contributed by atoms with E-state index in [9.17, 15) is 23.5 Å². The molecule has 1 heterocycles. The van der Waals surface area contributed by atoms with Gasteiger partial charge in [-0.05, 0) is 61.6 Å². The van der Waals surface area contributed by atoms with Crippen molar-refractivity contribution in [1.82, 2.24) is 10.2 Å². The van der Waals surface area contributed by atoms with Gasteiger partial charge in [0.15, 0.2) is 24.0 Å². The van der Waals surface area contributed by atoms with E-state index in [4.69, 9.17) is 9.47 Å². The zero-order valence-corrected chi connectivity index (χ0v) is 22.1. The summed E-state index contributed by atoms with van der Waals surface area (Å²) >= 11 is 0. The monoisotopic (exact) mass is 545 g/mol. The second kappa shape index (κ2) is 14.2. The first-order chi connectivity index (χ1) is 18.9. The Balaban J connectivity index is 1.21. The molecule has 1 fully saturated rings. The number of anilines is 1. The van der Waals surface area contributed by atoms with E-state index in [-0.39, 0.29) is 43.2 Å². The van der Waals surface area contributed by atoms with Gasteiger partial charge < -0.3 is 30.1 Å². The minimum Gasteiger partial charge on any atom is -0.506 e. The van der Waals surface area contributed by atoms with Gasteiger partial charge in [0.1, 0.15) is 11.4 Å². The van der Waals surface area contributed by atoms with Crippen LogP contribution in [-0.4, -0.2) is 67.3 Å². The number of carbonyl (C=O) groups is 2. The highest BCUT2D eigenvalue weighted by atomic mass is 19.2. The van der Waals surface area contributed by atoms with Crippen LogP contribution in [0, 0.1) is 11.6 Å². The number of fused-ring (bicyclic) bond motifs is 1. The van der Waals surface area contributed by atoms with Gasteiger partial charge in [-0.2, -0.15) is 0 Å². The zero-order valence-electron chi connectivity index (χ0n) is 22.1. The molecule has 1 saturated carbocycles. The molecule has 1 aliphatic carbocycles. The molecule has 1 aliphatic heterocycles. The van der Waals surface area contributed by atoms with Crippen molar-refractivity contribution in [2.75, 3.05) is 44.8 Å². The van der Waals surface area contributed by atoms with Crippen LogP contribution in [0.3, 0.4) is 0 Å². The number of nitrogens with zero attached hydrogens (tertiary/aromatic N) is 1. The summed E-state index contributed by atoms with van der Waals surface area (Å²) in [6.07, 6.45) is 6.81. The van der Waals surface area contributed by atoms with Crippen molar-refractivity contribution < 1.29 is 33.0 Å². The van der Waals surface area contributed by atoms with E-state index in [1.54, 1.807) is 12.1 Å². The normalized spacial score (nSPS) is 15.4. The number of aromatic hydroxyl groups is 1. The van der Waals surface area contributed by atoms with E-state index < -0.39 is 11.6 Å². The highest BCUT2D eigenvalue weighted by Gasteiger charge is 2.25. The number of rotatable bonds is 13. The minimum atomic E-state index is -0.872. The fraction of sp³-hybridized carbons (Fsp3) is 0.517. The SMILES string of the molecule is O=C1COc2c(CCNCCN(C(=O)CCOCCc3ccc(F)c(F)c3)C3CCCCC3)ccc(O)c2N1. The second-order valence-corrected chi connectivity index (χ2v) is 10.0. The Kier molecular flexibility index (Phi) is 10.5. The summed E-state index contributed by atoms with van der Waals surface area (Å²) in [7, 11) is 0. The van der Waals surface area contributed by atoms with Gasteiger partial charge in [-0.15, -0.1) is 0 Å². The molecular formula is C29H37F2N3O5. The second-order valence-electron chi connectivity index (χ2n) is 10.0. The third-order valence-electron chi connectivity index (χ3n) is 7.25. The van der Waals surface area contributed by atoms with E-state index in [2.05, 4.69) is 10.6 Å².